The van der Waals surface area contributed by atoms with E-state index in [1.165, 1.54) is 6.07 Å². The van der Waals surface area contributed by atoms with Gasteiger partial charge in [0.1, 0.15) is 6.04 Å². The van der Waals surface area contributed by atoms with Crippen molar-refractivity contribution in [1.82, 2.24) is 9.88 Å². The van der Waals surface area contributed by atoms with Gasteiger partial charge in [-0.15, -0.1) is 0 Å². The summed E-state index contributed by atoms with van der Waals surface area (Å²) in [5, 5.41) is 11.6. The summed E-state index contributed by atoms with van der Waals surface area (Å²) in [7, 11) is 0. The maximum atomic E-state index is 11.8. The first-order valence-corrected chi connectivity index (χ1v) is 8.13. The molecule has 0 aliphatic carbocycles. The number of carboxylic acids is 1. The van der Waals surface area contributed by atoms with Gasteiger partial charge in [-0.25, -0.2) is 4.79 Å². The highest BCUT2D eigenvalue weighted by atomic mass is 16.4. The van der Waals surface area contributed by atoms with Gasteiger partial charge in [-0.3, -0.25) is 9.59 Å². The molecule has 1 aromatic rings. The van der Waals surface area contributed by atoms with Gasteiger partial charge in [-0.1, -0.05) is 25.8 Å². The molecule has 1 unspecified atom stereocenters. The van der Waals surface area contributed by atoms with E-state index in [2.05, 4.69) is 5.32 Å². The molecule has 23 heavy (non-hydrogen) atoms. The Morgan fingerprint density at radius 1 is 1.26 bits per heavy atom. The van der Waals surface area contributed by atoms with Crippen molar-refractivity contribution in [2.24, 2.45) is 0 Å². The second kappa shape index (κ2) is 9.82. The average Bonchev–Trinajstić information content (AvgIpc) is 2.50. The number of hydrogen-bond donors (Lipinski definition) is 2. The van der Waals surface area contributed by atoms with Crippen molar-refractivity contribution in [2.75, 3.05) is 0 Å². The lowest BCUT2D eigenvalue weighted by atomic mass is 10.1. The molecule has 0 saturated heterocycles. The fourth-order valence-electron chi connectivity index (χ4n) is 2.33. The molecule has 0 aromatic carbocycles. The Bertz CT molecular complexity index is 580. The van der Waals surface area contributed by atoms with E-state index in [0.29, 0.717) is 25.8 Å². The van der Waals surface area contributed by atoms with E-state index in [1.807, 2.05) is 13.8 Å². The van der Waals surface area contributed by atoms with E-state index in [4.69, 9.17) is 5.11 Å². The fraction of sp³-hybridized carbons (Fsp3) is 0.588. The van der Waals surface area contributed by atoms with Crippen molar-refractivity contribution in [3.63, 3.8) is 0 Å². The SMILES string of the molecule is CCCCC(NC(=O)CCCCn1cc(C)ccc1=O)C(=O)O. The van der Waals surface area contributed by atoms with Gasteiger partial charge < -0.3 is 15.0 Å². The molecule has 0 saturated carbocycles. The van der Waals surface area contributed by atoms with E-state index in [1.54, 1.807) is 16.8 Å². The Kier molecular flexibility index (Phi) is 8.08. The topological polar surface area (TPSA) is 88.4 Å². The molecule has 1 atom stereocenters. The van der Waals surface area contributed by atoms with Crippen LogP contribution in [-0.2, 0) is 16.1 Å². The Balaban J connectivity index is 2.34. The summed E-state index contributed by atoms with van der Waals surface area (Å²) in [6.45, 7) is 4.46. The van der Waals surface area contributed by atoms with E-state index in [9.17, 15) is 14.4 Å². The zero-order chi connectivity index (χ0) is 17.2. The Morgan fingerprint density at radius 2 is 2.00 bits per heavy atom. The minimum absolute atomic E-state index is 0.0504. The monoisotopic (exact) mass is 322 g/mol. The Labute approximate surface area is 136 Å². The highest BCUT2D eigenvalue weighted by Crippen LogP contribution is 2.04. The first-order chi connectivity index (χ1) is 10.9. The van der Waals surface area contributed by atoms with Crippen LogP contribution in [0, 0.1) is 6.92 Å². The summed E-state index contributed by atoms with van der Waals surface area (Å²) in [6.07, 6.45) is 5.51. The highest BCUT2D eigenvalue weighted by molar-refractivity contribution is 5.83. The molecule has 6 nitrogen and oxygen atoms in total. The second-order valence-electron chi connectivity index (χ2n) is 5.80. The van der Waals surface area contributed by atoms with E-state index < -0.39 is 12.0 Å². The van der Waals surface area contributed by atoms with E-state index in [0.717, 1.165) is 18.4 Å². The molecule has 128 valence electrons. The van der Waals surface area contributed by atoms with Gasteiger partial charge in [0.25, 0.3) is 5.56 Å². The lowest BCUT2D eigenvalue weighted by Crippen LogP contribution is -2.40. The van der Waals surface area contributed by atoms with Crippen LogP contribution in [0.15, 0.2) is 23.1 Å². The third-order valence-electron chi connectivity index (χ3n) is 3.66. The van der Waals surface area contributed by atoms with Crippen LogP contribution >= 0.6 is 0 Å². The van der Waals surface area contributed by atoms with Crippen LogP contribution in [-0.4, -0.2) is 27.6 Å². The molecule has 2 N–H and O–H groups in total. The highest BCUT2D eigenvalue weighted by Gasteiger charge is 2.18. The molecule has 0 bridgehead atoms. The Morgan fingerprint density at radius 3 is 2.65 bits per heavy atom. The number of nitrogens with zero attached hydrogens (tertiary/aromatic N) is 1. The summed E-state index contributed by atoms with van der Waals surface area (Å²) in [6, 6.07) is 2.50. The van der Waals surface area contributed by atoms with Gasteiger partial charge in [0.05, 0.1) is 0 Å². The molecule has 6 heteroatoms. The molecule has 0 aliphatic rings. The molecule has 0 radical (unpaired) electrons. The number of aryl methyl sites for hydroxylation is 2. The zero-order valence-corrected chi connectivity index (χ0v) is 13.9. The molecule has 0 aliphatic heterocycles. The molecule has 1 heterocycles. The lowest BCUT2D eigenvalue weighted by Gasteiger charge is -2.14. The number of rotatable bonds is 10. The van der Waals surface area contributed by atoms with Crippen LogP contribution < -0.4 is 10.9 Å². The van der Waals surface area contributed by atoms with Crippen molar-refractivity contribution in [3.05, 3.63) is 34.2 Å². The van der Waals surface area contributed by atoms with Gasteiger partial charge in [0, 0.05) is 25.2 Å². The number of carboxylic acid groups (broad SMARTS) is 1. The quantitative estimate of drug-likeness (QED) is 0.646. The van der Waals surface area contributed by atoms with Crippen molar-refractivity contribution in [2.45, 2.75) is 65.0 Å². The third-order valence-corrected chi connectivity index (χ3v) is 3.66. The van der Waals surface area contributed by atoms with Crippen LogP contribution in [0.1, 0.15) is 51.0 Å². The number of unbranched alkanes of at least 4 members (excludes halogenated alkanes) is 2. The maximum Gasteiger partial charge on any atom is 0.326 e. The van der Waals surface area contributed by atoms with E-state index >= 15 is 0 Å². The summed E-state index contributed by atoms with van der Waals surface area (Å²) < 4.78 is 1.63. The molecule has 1 aromatic heterocycles. The minimum Gasteiger partial charge on any atom is -0.480 e. The molecule has 1 rings (SSSR count). The van der Waals surface area contributed by atoms with Crippen molar-refractivity contribution >= 4 is 11.9 Å². The predicted octanol–water partition coefficient (Wildman–Crippen LogP) is 2.09. The second-order valence-corrected chi connectivity index (χ2v) is 5.80. The number of hydrogen-bond acceptors (Lipinski definition) is 3. The first-order valence-electron chi connectivity index (χ1n) is 8.13. The predicted molar refractivity (Wildman–Crippen MR) is 88.4 cm³/mol. The van der Waals surface area contributed by atoms with Crippen LogP contribution in [0.4, 0.5) is 0 Å². The van der Waals surface area contributed by atoms with Gasteiger partial charge in [0.15, 0.2) is 0 Å². The van der Waals surface area contributed by atoms with Gasteiger partial charge in [-0.2, -0.15) is 0 Å². The summed E-state index contributed by atoms with van der Waals surface area (Å²) in [5.74, 6) is -1.23. The average molecular weight is 322 g/mol. The Hall–Kier alpha value is -2.11. The number of amides is 1. The van der Waals surface area contributed by atoms with Gasteiger partial charge in [-0.05, 0) is 31.7 Å². The number of pyridine rings is 1. The number of aliphatic carboxylic acids is 1. The number of carbonyl (C=O) groups excluding carboxylic acids is 1. The molecular weight excluding hydrogens is 296 g/mol. The van der Waals surface area contributed by atoms with Gasteiger partial charge >= 0.3 is 5.97 Å². The normalized spacial score (nSPS) is 11.9. The molecule has 0 spiro atoms. The third kappa shape index (κ3) is 7.13. The smallest absolute Gasteiger partial charge is 0.326 e. The van der Waals surface area contributed by atoms with Crippen molar-refractivity contribution in [3.8, 4) is 0 Å². The van der Waals surface area contributed by atoms with Crippen LogP contribution in [0.25, 0.3) is 0 Å². The number of nitrogens with one attached hydrogen (secondary N) is 1. The van der Waals surface area contributed by atoms with E-state index in [-0.39, 0.29) is 17.9 Å². The molecular formula is C17H26N2O4. The summed E-state index contributed by atoms with van der Waals surface area (Å²) in [5.41, 5.74) is 0.966. The minimum atomic E-state index is -0.988. The van der Waals surface area contributed by atoms with Crippen LogP contribution in [0.3, 0.4) is 0 Å². The number of aromatic nitrogens is 1. The standard InChI is InChI=1S/C17H26N2O4/c1-3-4-7-14(17(22)23)18-15(20)8-5-6-11-19-12-13(2)9-10-16(19)21/h9-10,12,14H,3-8,11H2,1-2H3,(H,18,20)(H,22,23). The lowest BCUT2D eigenvalue weighted by molar-refractivity contribution is -0.142. The molecule has 1 amide bonds. The first kappa shape index (κ1) is 18.9. The van der Waals surface area contributed by atoms with Crippen LogP contribution in [0.5, 0.6) is 0 Å². The zero-order valence-electron chi connectivity index (χ0n) is 13.9. The largest absolute Gasteiger partial charge is 0.480 e. The van der Waals surface area contributed by atoms with Crippen LogP contribution in [0.2, 0.25) is 0 Å². The maximum absolute atomic E-state index is 11.8. The van der Waals surface area contributed by atoms with Crippen molar-refractivity contribution in [1.29, 1.82) is 0 Å². The molecule has 0 fully saturated rings. The summed E-state index contributed by atoms with van der Waals surface area (Å²) in [4.78, 5) is 34.5. The van der Waals surface area contributed by atoms with Gasteiger partial charge in [0.2, 0.25) is 5.91 Å². The fourth-order valence-corrected chi connectivity index (χ4v) is 2.33. The summed E-state index contributed by atoms with van der Waals surface area (Å²) >= 11 is 0. The number of carbonyl (C=O) groups is 2. The van der Waals surface area contributed by atoms with Crippen molar-refractivity contribution < 1.29 is 14.7 Å².